The molecule has 0 aromatic rings. The molecule has 17 heavy (non-hydrogen) atoms. The molecular weight excluding hydrogens is 214 g/mol. The van der Waals surface area contributed by atoms with E-state index in [1.54, 1.807) is 0 Å². The first-order valence-electron chi connectivity index (χ1n) is 6.60. The number of nitrogens with zero attached hydrogens (tertiary/aromatic N) is 2. The van der Waals surface area contributed by atoms with Crippen molar-refractivity contribution in [3.63, 3.8) is 0 Å². The molecular formula is C13H23N3O. The molecule has 0 bridgehead atoms. The van der Waals surface area contributed by atoms with Crippen molar-refractivity contribution in [3.05, 3.63) is 11.8 Å². The monoisotopic (exact) mass is 237 g/mol. The standard InChI is InChI=1S/C13H23N3O/c1-15(12-4-2-3-5-12)13(17)10-16-8-6-11(14)7-9-16/h4,11H,2-3,5-10,14H2,1H3. The van der Waals surface area contributed by atoms with Crippen LogP contribution in [-0.4, -0.2) is 48.4 Å². The molecule has 2 N–H and O–H groups in total. The molecule has 2 rings (SSSR count). The zero-order valence-electron chi connectivity index (χ0n) is 10.7. The van der Waals surface area contributed by atoms with Crippen LogP contribution >= 0.6 is 0 Å². The van der Waals surface area contributed by atoms with Gasteiger partial charge in [-0.3, -0.25) is 9.69 Å². The fourth-order valence-corrected chi connectivity index (χ4v) is 2.53. The number of carbonyl (C=O) groups excluding carboxylic acids is 1. The van der Waals surface area contributed by atoms with Crippen LogP contribution in [0.4, 0.5) is 0 Å². The minimum absolute atomic E-state index is 0.216. The smallest absolute Gasteiger partial charge is 0.240 e. The lowest BCUT2D eigenvalue weighted by atomic mass is 10.1. The summed E-state index contributed by atoms with van der Waals surface area (Å²) in [5, 5.41) is 0. The maximum Gasteiger partial charge on any atom is 0.240 e. The van der Waals surface area contributed by atoms with Gasteiger partial charge in [0.1, 0.15) is 0 Å². The number of likely N-dealkylation sites (tertiary alicyclic amines) is 1. The number of hydrogen-bond acceptors (Lipinski definition) is 3. The van der Waals surface area contributed by atoms with Crippen LogP contribution in [0.15, 0.2) is 11.8 Å². The van der Waals surface area contributed by atoms with E-state index in [2.05, 4.69) is 11.0 Å². The molecule has 96 valence electrons. The van der Waals surface area contributed by atoms with Crippen molar-refractivity contribution in [3.8, 4) is 0 Å². The summed E-state index contributed by atoms with van der Waals surface area (Å²) in [5.74, 6) is 0.216. The molecule has 2 aliphatic rings. The van der Waals surface area contributed by atoms with E-state index < -0.39 is 0 Å². The van der Waals surface area contributed by atoms with E-state index in [9.17, 15) is 4.79 Å². The number of likely N-dealkylation sites (N-methyl/N-ethyl adjacent to an activating group) is 1. The normalized spacial score (nSPS) is 22.6. The number of carbonyl (C=O) groups is 1. The summed E-state index contributed by atoms with van der Waals surface area (Å²) in [5.41, 5.74) is 7.05. The van der Waals surface area contributed by atoms with Gasteiger partial charge in [-0.15, -0.1) is 0 Å². The third-order valence-electron chi connectivity index (χ3n) is 3.81. The second kappa shape index (κ2) is 5.65. The Bertz CT molecular complexity index is 306. The van der Waals surface area contributed by atoms with E-state index in [1.165, 1.54) is 12.1 Å². The van der Waals surface area contributed by atoms with Crippen LogP contribution in [-0.2, 0) is 4.79 Å². The van der Waals surface area contributed by atoms with Gasteiger partial charge in [-0.25, -0.2) is 0 Å². The predicted octanol–water partition coefficient (Wildman–Crippen LogP) is 0.936. The third-order valence-corrected chi connectivity index (χ3v) is 3.81. The largest absolute Gasteiger partial charge is 0.328 e. The lowest BCUT2D eigenvalue weighted by Crippen LogP contribution is -2.44. The highest BCUT2D eigenvalue weighted by Crippen LogP contribution is 2.20. The van der Waals surface area contributed by atoms with Crippen LogP contribution < -0.4 is 5.73 Å². The molecule has 0 spiro atoms. The number of rotatable bonds is 3. The molecule has 1 aliphatic heterocycles. The zero-order chi connectivity index (χ0) is 12.3. The number of nitrogens with two attached hydrogens (primary N) is 1. The summed E-state index contributed by atoms with van der Waals surface area (Å²) in [6.07, 6.45) is 7.56. The van der Waals surface area contributed by atoms with Gasteiger partial charge < -0.3 is 10.6 Å². The molecule has 1 aliphatic carbocycles. The van der Waals surface area contributed by atoms with Gasteiger partial charge in [-0.1, -0.05) is 6.08 Å². The maximum absolute atomic E-state index is 12.1. The fourth-order valence-electron chi connectivity index (χ4n) is 2.53. The van der Waals surface area contributed by atoms with Crippen molar-refractivity contribution in [1.29, 1.82) is 0 Å². The third kappa shape index (κ3) is 3.30. The Hall–Kier alpha value is -0.870. The van der Waals surface area contributed by atoms with Crippen LogP contribution in [0.1, 0.15) is 32.1 Å². The highest BCUT2D eigenvalue weighted by molar-refractivity contribution is 5.79. The number of allylic oxidation sites excluding steroid dienone is 2. The van der Waals surface area contributed by atoms with Gasteiger partial charge in [0.15, 0.2) is 0 Å². The molecule has 1 saturated heterocycles. The van der Waals surface area contributed by atoms with Gasteiger partial charge in [0, 0.05) is 31.9 Å². The number of hydrogen-bond donors (Lipinski definition) is 1. The average molecular weight is 237 g/mol. The number of amides is 1. The van der Waals surface area contributed by atoms with Crippen molar-refractivity contribution in [2.24, 2.45) is 5.73 Å². The van der Waals surface area contributed by atoms with E-state index in [4.69, 9.17) is 5.73 Å². The van der Waals surface area contributed by atoms with E-state index in [0.29, 0.717) is 12.6 Å². The quantitative estimate of drug-likeness (QED) is 0.794. The summed E-state index contributed by atoms with van der Waals surface area (Å²) in [7, 11) is 1.90. The molecule has 0 saturated carbocycles. The summed E-state index contributed by atoms with van der Waals surface area (Å²) < 4.78 is 0. The molecule has 4 nitrogen and oxygen atoms in total. The minimum Gasteiger partial charge on any atom is -0.328 e. The molecule has 0 aromatic carbocycles. The highest BCUT2D eigenvalue weighted by Gasteiger charge is 2.21. The summed E-state index contributed by atoms with van der Waals surface area (Å²) in [4.78, 5) is 16.1. The first kappa shape index (κ1) is 12.6. The zero-order valence-corrected chi connectivity index (χ0v) is 10.7. The molecule has 4 heteroatoms. The number of piperidine rings is 1. The van der Waals surface area contributed by atoms with Crippen molar-refractivity contribution < 1.29 is 4.79 Å². The van der Waals surface area contributed by atoms with Gasteiger partial charge in [-0.05, 0) is 32.1 Å². The fraction of sp³-hybridized carbons (Fsp3) is 0.769. The van der Waals surface area contributed by atoms with Gasteiger partial charge in [0.05, 0.1) is 6.54 Å². The SMILES string of the molecule is CN(C(=O)CN1CCC(N)CC1)C1=CCCC1. The Labute approximate surface area is 103 Å². The summed E-state index contributed by atoms with van der Waals surface area (Å²) in [6.45, 7) is 2.46. The van der Waals surface area contributed by atoms with Crippen LogP contribution in [0.5, 0.6) is 0 Å². The Morgan fingerprint density at radius 2 is 2.24 bits per heavy atom. The Balaban J connectivity index is 1.80. The van der Waals surface area contributed by atoms with Crippen molar-refractivity contribution in [2.75, 3.05) is 26.7 Å². The second-order valence-electron chi connectivity index (χ2n) is 5.15. The molecule has 0 atom stereocenters. The van der Waals surface area contributed by atoms with Gasteiger partial charge in [0.2, 0.25) is 5.91 Å². The second-order valence-corrected chi connectivity index (χ2v) is 5.15. The van der Waals surface area contributed by atoms with Crippen LogP contribution in [0.25, 0.3) is 0 Å². The Kier molecular flexibility index (Phi) is 4.18. The first-order valence-corrected chi connectivity index (χ1v) is 6.60. The Morgan fingerprint density at radius 3 is 2.82 bits per heavy atom. The molecule has 1 fully saturated rings. The highest BCUT2D eigenvalue weighted by atomic mass is 16.2. The maximum atomic E-state index is 12.1. The van der Waals surface area contributed by atoms with Gasteiger partial charge >= 0.3 is 0 Å². The van der Waals surface area contributed by atoms with Crippen molar-refractivity contribution >= 4 is 5.91 Å². The molecule has 1 amide bonds. The van der Waals surface area contributed by atoms with Crippen LogP contribution in [0, 0.1) is 0 Å². The molecule has 0 radical (unpaired) electrons. The van der Waals surface area contributed by atoms with Crippen LogP contribution in [0.2, 0.25) is 0 Å². The van der Waals surface area contributed by atoms with Gasteiger partial charge in [-0.2, -0.15) is 0 Å². The summed E-state index contributed by atoms with van der Waals surface area (Å²) >= 11 is 0. The van der Waals surface area contributed by atoms with E-state index in [1.807, 2.05) is 11.9 Å². The van der Waals surface area contributed by atoms with E-state index in [0.717, 1.165) is 38.8 Å². The minimum atomic E-state index is 0.216. The molecule has 0 aromatic heterocycles. The lowest BCUT2D eigenvalue weighted by Gasteiger charge is -2.31. The molecule has 1 heterocycles. The summed E-state index contributed by atoms with van der Waals surface area (Å²) in [6, 6.07) is 0.330. The first-order chi connectivity index (χ1) is 8.16. The lowest BCUT2D eigenvalue weighted by molar-refractivity contribution is -0.129. The van der Waals surface area contributed by atoms with Gasteiger partial charge in [0.25, 0.3) is 0 Å². The van der Waals surface area contributed by atoms with Crippen molar-refractivity contribution in [1.82, 2.24) is 9.80 Å². The van der Waals surface area contributed by atoms with Crippen molar-refractivity contribution in [2.45, 2.75) is 38.1 Å². The molecule has 0 unspecified atom stereocenters. The predicted molar refractivity (Wildman–Crippen MR) is 68.4 cm³/mol. The van der Waals surface area contributed by atoms with Crippen LogP contribution in [0.3, 0.4) is 0 Å². The van der Waals surface area contributed by atoms with E-state index >= 15 is 0 Å². The topological polar surface area (TPSA) is 49.6 Å². The average Bonchev–Trinajstić information content (AvgIpc) is 2.84. The Morgan fingerprint density at radius 1 is 1.53 bits per heavy atom. The van der Waals surface area contributed by atoms with E-state index in [-0.39, 0.29) is 5.91 Å².